The standard InChI is InChI=1S/C11H16N2OS.ClH/c14-11(10-2-1-5-12-10)13-6-3-9-4-7-15-8-9;/h4,7-8,10,12H,1-3,5-6H2,(H,13,14);1H. The van der Waals surface area contributed by atoms with Gasteiger partial charge in [0.05, 0.1) is 6.04 Å². The van der Waals surface area contributed by atoms with Crippen LogP contribution in [0.2, 0.25) is 0 Å². The van der Waals surface area contributed by atoms with Gasteiger partial charge in [0.2, 0.25) is 5.91 Å². The number of thiophene rings is 1. The molecule has 0 saturated carbocycles. The van der Waals surface area contributed by atoms with E-state index in [0.29, 0.717) is 0 Å². The van der Waals surface area contributed by atoms with Crippen molar-refractivity contribution in [3.8, 4) is 0 Å². The van der Waals surface area contributed by atoms with Gasteiger partial charge in [-0.2, -0.15) is 11.3 Å². The molecule has 0 aliphatic carbocycles. The van der Waals surface area contributed by atoms with Crippen LogP contribution in [-0.2, 0) is 11.2 Å². The zero-order valence-corrected chi connectivity index (χ0v) is 10.7. The maximum atomic E-state index is 11.6. The summed E-state index contributed by atoms with van der Waals surface area (Å²) in [6, 6.07) is 2.15. The second-order valence-electron chi connectivity index (χ2n) is 3.82. The van der Waals surface area contributed by atoms with Gasteiger partial charge in [0.15, 0.2) is 0 Å². The maximum Gasteiger partial charge on any atom is 0.237 e. The second-order valence-corrected chi connectivity index (χ2v) is 4.60. The molecule has 2 N–H and O–H groups in total. The minimum Gasteiger partial charge on any atom is -0.354 e. The molecule has 2 heterocycles. The summed E-state index contributed by atoms with van der Waals surface area (Å²) in [5, 5.41) is 10.3. The average Bonchev–Trinajstić information content (AvgIpc) is 2.90. The van der Waals surface area contributed by atoms with Gasteiger partial charge in [-0.05, 0) is 48.2 Å². The SMILES string of the molecule is Cl.O=C(NCCc1ccsc1)C1CCCN1. The lowest BCUT2D eigenvalue weighted by molar-refractivity contribution is -0.122. The second kappa shape index (κ2) is 6.89. The molecule has 2 rings (SSSR count). The molecular formula is C11H17ClN2OS. The third kappa shape index (κ3) is 3.77. The predicted octanol–water partition coefficient (Wildman–Crippen LogP) is 1.58. The molecule has 16 heavy (non-hydrogen) atoms. The molecule has 1 atom stereocenters. The van der Waals surface area contributed by atoms with Gasteiger partial charge in [-0.15, -0.1) is 12.4 Å². The van der Waals surface area contributed by atoms with Gasteiger partial charge in [-0.1, -0.05) is 0 Å². The highest BCUT2D eigenvalue weighted by Gasteiger charge is 2.20. The van der Waals surface area contributed by atoms with E-state index in [1.165, 1.54) is 5.56 Å². The molecule has 1 aliphatic heterocycles. The number of rotatable bonds is 4. The molecule has 1 aromatic heterocycles. The molecule has 1 aromatic rings. The van der Waals surface area contributed by atoms with Gasteiger partial charge in [0, 0.05) is 6.54 Å². The van der Waals surface area contributed by atoms with Crippen molar-refractivity contribution in [3.63, 3.8) is 0 Å². The van der Waals surface area contributed by atoms with Gasteiger partial charge < -0.3 is 10.6 Å². The van der Waals surface area contributed by atoms with Crippen molar-refractivity contribution in [3.05, 3.63) is 22.4 Å². The largest absolute Gasteiger partial charge is 0.354 e. The summed E-state index contributed by atoms with van der Waals surface area (Å²) >= 11 is 1.70. The topological polar surface area (TPSA) is 41.1 Å². The summed E-state index contributed by atoms with van der Waals surface area (Å²) in [6.07, 6.45) is 3.02. The Morgan fingerprint density at radius 2 is 2.50 bits per heavy atom. The number of carbonyl (C=O) groups excluding carboxylic acids is 1. The molecule has 1 amide bonds. The van der Waals surface area contributed by atoms with Crippen molar-refractivity contribution in [1.82, 2.24) is 10.6 Å². The molecule has 0 spiro atoms. The van der Waals surface area contributed by atoms with Crippen molar-refractivity contribution in [2.75, 3.05) is 13.1 Å². The molecule has 1 aliphatic rings. The normalized spacial score (nSPS) is 19.1. The first-order valence-corrected chi connectivity index (χ1v) is 6.33. The minimum atomic E-state index is 0. The third-order valence-electron chi connectivity index (χ3n) is 2.67. The van der Waals surface area contributed by atoms with Crippen molar-refractivity contribution < 1.29 is 4.79 Å². The molecule has 90 valence electrons. The molecule has 0 bridgehead atoms. The lowest BCUT2D eigenvalue weighted by atomic mass is 10.2. The molecule has 1 saturated heterocycles. The highest BCUT2D eigenvalue weighted by atomic mass is 35.5. The van der Waals surface area contributed by atoms with Crippen molar-refractivity contribution in [2.45, 2.75) is 25.3 Å². The Morgan fingerprint density at radius 3 is 3.12 bits per heavy atom. The van der Waals surface area contributed by atoms with Crippen molar-refractivity contribution in [2.24, 2.45) is 0 Å². The van der Waals surface area contributed by atoms with E-state index in [9.17, 15) is 4.79 Å². The number of hydrogen-bond donors (Lipinski definition) is 2. The summed E-state index contributed by atoms with van der Waals surface area (Å²) in [6.45, 7) is 1.72. The van der Waals surface area contributed by atoms with E-state index in [0.717, 1.165) is 32.4 Å². The number of hydrogen-bond acceptors (Lipinski definition) is 3. The fourth-order valence-corrected chi connectivity index (χ4v) is 2.50. The molecular weight excluding hydrogens is 244 g/mol. The summed E-state index contributed by atoms with van der Waals surface area (Å²) in [4.78, 5) is 11.6. The zero-order valence-electron chi connectivity index (χ0n) is 9.07. The van der Waals surface area contributed by atoms with Crippen LogP contribution in [0.15, 0.2) is 16.8 Å². The summed E-state index contributed by atoms with van der Waals surface area (Å²) in [5.41, 5.74) is 1.31. The van der Waals surface area contributed by atoms with Crippen LogP contribution >= 0.6 is 23.7 Å². The van der Waals surface area contributed by atoms with Crippen LogP contribution in [0, 0.1) is 0 Å². The predicted molar refractivity (Wildman–Crippen MR) is 69.3 cm³/mol. The summed E-state index contributed by atoms with van der Waals surface area (Å²) in [7, 11) is 0. The van der Waals surface area contributed by atoms with Crippen LogP contribution in [0.3, 0.4) is 0 Å². The van der Waals surface area contributed by atoms with Crippen molar-refractivity contribution in [1.29, 1.82) is 0 Å². The van der Waals surface area contributed by atoms with Crippen LogP contribution in [0.25, 0.3) is 0 Å². The first kappa shape index (κ1) is 13.5. The average molecular weight is 261 g/mol. The lowest BCUT2D eigenvalue weighted by Crippen LogP contribution is -2.41. The van der Waals surface area contributed by atoms with Gasteiger partial charge in [0.25, 0.3) is 0 Å². The van der Waals surface area contributed by atoms with Gasteiger partial charge in [0.1, 0.15) is 0 Å². The Balaban J connectivity index is 0.00000128. The van der Waals surface area contributed by atoms with Gasteiger partial charge >= 0.3 is 0 Å². The van der Waals surface area contributed by atoms with E-state index >= 15 is 0 Å². The maximum absolute atomic E-state index is 11.6. The fraction of sp³-hybridized carbons (Fsp3) is 0.545. The first-order chi connectivity index (χ1) is 7.36. The van der Waals surface area contributed by atoms with E-state index in [2.05, 4.69) is 27.5 Å². The van der Waals surface area contributed by atoms with Crippen LogP contribution < -0.4 is 10.6 Å². The smallest absolute Gasteiger partial charge is 0.237 e. The Kier molecular flexibility index (Phi) is 5.80. The quantitative estimate of drug-likeness (QED) is 0.863. The number of nitrogens with one attached hydrogen (secondary N) is 2. The minimum absolute atomic E-state index is 0. The molecule has 5 heteroatoms. The Hall–Kier alpha value is -0.580. The lowest BCUT2D eigenvalue weighted by Gasteiger charge is -2.10. The molecule has 1 unspecified atom stereocenters. The van der Waals surface area contributed by atoms with E-state index in [4.69, 9.17) is 0 Å². The van der Waals surface area contributed by atoms with Crippen LogP contribution in [0.1, 0.15) is 18.4 Å². The first-order valence-electron chi connectivity index (χ1n) is 5.38. The molecule has 1 fully saturated rings. The van der Waals surface area contributed by atoms with E-state index < -0.39 is 0 Å². The van der Waals surface area contributed by atoms with Crippen molar-refractivity contribution >= 4 is 29.7 Å². The van der Waals surface area contributed by atoms with Gasteiger partial charge in [-0.25, -0.2) is 0 Å². The Labute approximate surface area is 106 Å². The monoisotopic (exact) mass is 260 g/mol. The van der Waals surface area contributed by atoms with Crippen LogP contribution in [-0.4, -0.2) is 25.0 Å². The summed E-state index contributed by atoms with van der Waals surface area (Å²) in [5.74, 6) is 0.155. The van der Waals surface area contributed by atoms with E-state index in [-0.39, 0.29) is 24.4 Å². The molecule has 3 nitrogen and oxygen atoms in total. The third-order valence-corrected chi connectivity index (χ3v) is 3.40. The number of carbonyl (C=O) groups is 1. The highest BCUT2D eigenvalue weighted by molar-refractivity contribution is 7.07. The highest BCUT2D eigenvalue weighted by Crippen LogP contribution is 2.07. The number of amides is 1. The Morgan fingerprint density at radius 1 is 1.62 bits per heavy atom. The zero-order chi connectivity index (χ0) is 10.5. The van der Waals surface area contributed by atoms with Gasteiger partial charge in [-0.3, -0.25) is 4.79 Å². The number of halogens is 1. The molecule has 0 radical (unpaired) electrons. The van der Waals surface area contributed by atoms with Crippen LogP contribution in [0.4, 0.5) is 0 Å². The molecule has 0 aromatic carbocycles. The summed E-state index contributed by atoms with van der Waals surface area (Å²) < 4.78 is 0. The Bertz CT molecular complexity index is 310. The van der Waals surface area contributed by atoms with E-state index in [1.54, 1.807) is 11.3 Å². The van der Waals surface area contributed by atoms with Crippen LogP contribution in [0.5, 0.6) is 0 Å². The fourth-order valence-electron chi connectivity index (χ4n) is 1.80. The van der Waals surface area contributed by atoms with E-state index in [1.807, 2.05) is 0 Å².